The molecule has 25 heavy (non-hydrogen) atoms. The van der Waals surface area contributed by atoms with E-state index in [1.807, 2.05) is 18.7 Å². The van der Waals surface area contributed by atoms with Gasteiger partial charge in [-0.3, -0.25) is 4.79 Å². The average Bonchev–Trinajstić information content (AvgIpc) is 2.57. The molecule has 0 unspecified atom stereocenters. The molecule has 0 heterocycles. The molecule has 2 bridgehead atoms. The third kappa shape index (κ3) is 2.25. The van der Waals surface area contributed by atoms with Crippen LogP contribution < -0.4 is 0 Å². The largest absolute Gasteiger partial charge is 0.481 e. The van der Waals surface area contributed by atoms with Gasteiger partial charge >= 0.3 is 5.97 Å². The van der Waals surface area contributed by atoms with Crippen molar-refractivity contribution in [1.29, 1.82) is 0 Å². The molecule has 1 spiro atoms. The maximum atomic E-state index is 12.1. The summed E-state index contributed by atoms with van der Waals surface area (Å²) in [7, 11) is 0. The average molecular weight is 367 g/mol. The summed E-state index contributed by atoms with van der Waals surface area (Å²) in [4.78, 5) is 12.1. The van der Waals surface area contributed by atoms with Gasteiger partial charge in [0.15, 0.2) is 0 Å². The molecule has 0 aliphatic heterocycles. The van der Waals surface area contributed by atoms with E-state index in [0.29, 0.717) is 17.8 Å². The number of carboxylic acid groups (broad SMARTS) is 1. The number of aliphatic hydroxyl groups excluding tert-OH is 1. The zero-order chi connectivity index (χ0) is 18.0. The van der Waals surface area contributed by atoms with Crippen LogP contribution in [0.4, 0.5) is 0 Å². The Morgan fingerprint density at radius 3 is 2.52 bits per heavy atom. The molecule has 142 valence electrons. The van der Waals surface area contributed by atoms with E-state index in [4.69, 9.17) is 0 Å². The van der Waals surface area contributed by atoms with Crippen molar-refractivity contribution in [3.8, 4) is 0 Å². The number of carbonyl (C=O) groups is 1. The van der Waals surface area contributed by atoms with Crippen molar-refractivity contribution in [3.63, 3.8) is 0 Å². The van der Waals surface area contributed by atoms with Crippen LogP contribution in [0.25, 0.3) is 0 Å². The van der Waals surface area contributed by atoms with Crippen LogP contribution >= 0.6 is 11.8 Å². The highest BCUT2D eigenvalue weighted by Crippen LogP contribution is 2.72. The van der Waals surface area contributed by atoms with E-state index in [1.165, 1.54) is 19.3 Å². The predicted molar refractivity (Wildman–Crippen MR) is 102 cm³/mol. The van der Waals surface area contributed by atoms with Crippen molar-refractivity contribution >= 4 is 17.7 Å². The molecule has 0 aromatic rings. The number of aliphatic carboxylic acids is 1. The van der Waals surface area contributed by atoms with Gasteiger partial charge in [0.25, 0.3) is 0 Å². The second-order valence-electron chi connectivity index (χ2n) is 10.1. The summed E-state index contributed by atoms with van der Waals surface area (Å²) in [5.41, 5.74) is -0.417. The molecule has 5 aliphatic rings. The third-order valence-corrected chi connectivity index (χ3v) is 10.1. The van der Waals surface area contributed by atoms with Crippen LogP contribution in [-0.2, 0) is 4.79 Å². The quantitative estimate of drug-likeness (QED) is 0.775. The van der Waals surface area contributed by atoms with E-state index in [-0.39, 0.29) is 22.9 Å². The fraction of sp³-hybridized carbons (Fsp3) is 0.952. The maximum Gasteiger partial charge on any atom is 0.309 e. The molecule has 0 aromatic heterocycles. The molecule has 5 aliphatic carbocycles. The highest BCUT2D eigenvalue weighted by Gasteiger charge is 2.68. The number of hydrogen-bond acceptors (Lipinski definition) is 3. The smallest absolute Gasteiger partial charge is 0.309 e. The molecule has 3 nitrogen and oxygen atoms in total. The van der Waals surface area contributed by atoms with E-state index < -0.39 is 11.4 Å². The number of thioether (sulfide) groups is 1. The number of rotatable bonds is 3. The lowest BCUT2D eigenvalue weighted by molar-refractivity contribution is -0.241. The van der Waals surface area contributed by atoms with Gasteiger partial charge in [0, 0.05) is 0 Å². The fourth-order valence-corrected chi connectivity index (χ4v) is 8.99. The van der Waals surface area contributed by atoms with Crippen LogP contribution in [0.3, 0.4) is 0 Å². The number of fused-ring (bicyclic) bond motifs is 3. The summed E-state index contributed by atoms with van der Waals surface area (Å²) in [6.45, 7) is 4.39. The Morgan fingerprint density at radius 2 is 1.84 bits per heavy atom. The lowest BCUT2D eigenvalue weighted by atomic mass is 9.35. The minimum atomic E-state index is -0.596. The molecule has 5 saturated carbocycles. The summed E-state index contributed by atoms with van der Waals surface area (Å²) in [6.07, 6.45) is 10.7. The first-order chi connectivity index (χ1) is 11.8. The van der Waals surface area contributed by atoms with E-state index in [1.54, 1.807) is 0 Å². The van der Waals surface area contributed by atoms with Gasteiger partial charge in [0.05, 0.1) is 11.5 Å². The highest BCUT2D eigenvalue weighted by molar-refractivity contribution is 7.98. The van der Waals surface area contributed by atoms with Crippen molar-refractivity contribution < 1.29 is 15.0 Å². The number of aliphatic hydroxyl groups is 1. The van der Waals surface area contributed by atoms with Crippen LogP contribution in [0, 0.1) is 39.9 Å². The van der Waals surface area contributed by atoms with Crippen LogP contribution in [0.15, 0.2) is 0 Å². The summed E-state index contributed by atoms with van der Waals surface area (Å²) in [5, 5.41) is 21.4. The van der Waals surface area contributed by atoms with Crippen molar-refractivity contribution in [2.75, 3.05) is 12.0 Å². The van der Waals surface area contributed by atoms with Crippen LogP contribution in [0.5, 0.6) is 0 Å². The lowest BCUT2D eigenvalue weighted by Gasteiger charge is -2.70. The first kappa shape index (κ1) is 18.2. The first-order valence-electron chi connectivity index (χ1n) is 10.2. The zero-order valence-electron chi connectivity index (χ0n) is 16.0. The Balaban J connectivity index is 1.72. The molecular formula is C21H34O3S. The van der Waals surface area contributed by atoms with Crippen molar-refractivity contribution in [2.45, 2.75) is 71.3 Å². The van der Waals surface area contributed by atoms with E-state index in [9.17, 15) is 15.0 Å². The van der Waals surface area contributed by atoms with Gasteiger partial charge in [-0.15, -0.1) is 0 Å². The Labute approximate surface area is 156 Å². The standard InChI is InChI=1S/C21H34O3S/c1-19-7-4-8-20(2,18(23)24)15(19)6-10-21-9-5-13(11-16(19)21)14(12-25-3)17(21)22/h13-17,22H,4-12H2,1-3H3,(H,23,24)/t13-,14+,15-,16-,17-,19+,20+,21-/m1/s1. The van der Waals surface area contributed by atoms with Crippen LogP contribution in [0.1, 0.15) is 65.2 Å². The zero-order valence-corrected chi connectivity index (χ0v) is 16.8. The van der Waals surface area contributed by atoms with Gasteiger partial charge in [-0.1, -0.05) is 13.3 Å². The monoisotopic (exact) mass is 366 g/mol. The molecule has 0 saturated heterocycles. The Morgan fingerprint density at radius 1 is 1.12 bits per heavy atom. The van der Waals surface area contributed by atoms with Crippen molar-refractivity contribution in [2.24, 2.45) is 39.9 Å². The molecule has 0 aromatic carbocycles. The highest BCUT2D eigenvalue weighted by atomic mass is 32.2. The maximum absolute atomic E-state index is 12.1. The number of hydrogen-bond donors (Lipinski definition) is 2. The van der Waals surface area contributed by atoms with Crippen LogP contribution in [0.2, 0.25) is 0 Å². The fourth-order valence-electron chi connectivity index (χ4n) is 8.15. The topological polar surface area (TPSA) is 57.5 Å². The first-order valence-corrected chi connectivity index (χ1v) is 11.6. The molecule has 4 heteroatoms. The molecule has 0 amide bonds. The normalized spacial score (nSPS) is 54.6. The summed E-state index contributed by atoms with van der Waals surface area (Å²) < 4.78 is 0. The summed E-state index contributed by atoms with van der Waals surface area (Å²) in [5.74, 6) is 2.36. The molecule has 5 rings (SSSR count). The Kier molecular flexibility index (Phi) is 4.28. The van der Waals surface area contributed by atoms with Crippen molar-refractivity contribution in [3.05, 3.63) is 0 Å². The SMILES string of the molecule is CSC[C@H]1[C@@H]2CC[C@]3(CC[C@@H]4[C@](C)(CCC[C@]4(C)C(=O)O)[C@H]3C2)[C@@H]1O. The van der Waals surface area contributed by atoms with Gasteiger partial charge in [-0.05, 0) is 98.4 Å². The van der Waals surface area contributed by atoms with Crippen molar-refractivity contribution in [1.82, 2.24) is 0 Å². The summed E-state index contributed by atoms with van der Waals surface area (Å²) in [6, 6.07) is 0. The van der Waals surface area contributed by atoms with E-state index >= 15 is 0 Å². The Hall–Kier alpha value is -0.220. The van der Waals surface area contributed by atoms with E-state index in [2.05, 4.69) is 13.2 Å². The number of carboxylic acids is 1. The third-order valence-electron chi connectivity index (χ3n) is 9.33. The lowest BCUT2D eigenvalue weighted by Crippen LogP contribution is -2.67. The second-order valence-corrected chi connectivity index (χ2v) is 11.0. The van der Waals surface area contributed by atoms with Gasteiger partial charge in [-0.2, -0.15) is 11.8 Å². The van der Waals surface area contributed by atoms with Gasteiger partial charge < -0.3 is 10.2 Å². The minimum absolute atomic E-state index is 0.0666. The molecule has 8 atom stereocenters. The minimum Gasteiger partial charge on any atom is -0.481 e. The summed E-state index contributed by atoms with van der Waals surface area (Å²) >= 11 is 1.88. The molecule has 5 fully saturated rings. The van der Waals surface area contributed by atoms with E-state index in [0.717, 1.165) is 37.9 Å². The van der Waals surface area contributed by atoms with Gasteiger partial charge in [0.1, 0.15) is 0 Å². The van der Waals surface area contributed by atoms with Crippen LogP contribution in [-0.4, -0.2) is 34.3 Å². The molecule has 0 radical (unpaired) electrons. The second kappa shape index (κ2) is 5.89. The molecular weight excluding hydrogens is 332 g/mol. The predicted octanol–water partition coefficient (Wildman–Crippen LogP) is 4.43. The molecule has 2 N–H and O–H groups in total. The van der Waals surface area contributed by atoms with Gasteiger partial charge in [0.2, 0.25) is 0 Å². The Bertz CT molecular complexity index is 565. The van der Waals surface area contributed by atoms with Gasteiger partial charge in [-0.25, -0.2) is 0 Å².